The maximum absolute atomic E-state index is 10.9. The van der Waals surface area contributed by atoms with E-state index in [1.54, 1.807) is 30.5 Å². The number of anilines is 1. The Morgan fingerprint density at radius 2 is 1.78 bits per heavy atom. The van der Waals surface area contributed by atoms with E-state index in [0.29, 0.717) is 5.69 Å². The van der Waals surface area contributed by atoms with Crippen LogP contribution in [0.5, 0.6) is 5.75 Å². The first kappa shape index (κ1) is 12.1. The van der Waals surface area contributed by atoms with Crippen molar-refractivity contribution >= 4 is 17.6 Å². The first-order valence-corrected chi connectivity index (χ1v) is 5.24. The monoisotopic (exact) mass is 243 g/mol. The van der Waals surface area contributed by atoms with Crippen LogP contribution < -0.4 is 10.3 Å². The zero-order valence-electron chi connectivity index (χ0n) is 9.39. The Morgan fingerprint density at radius 3 is 2.44 bits per heavy atom. The molecule has 2 N–H and O–H groups in total. The minimum absolute atomic E-state index is 0.0330. The first-order chi connectivity index (χ1) is 8.65. The van der Waals surface area contributed by atoms with Gasteiger partial charge in [0, 0.05) is 6.21 Å². The molecule has 0 bridgehead atoms. The molecular formula is C13H11N2O3-. The number of benzene rings is 2. The fourth-order valence-electron chi connectivity index (χ4n) is 1.40. The van der Waals surface area contributed by atoms with Crippen molar-refractivity contribution in [1.29, 1.82) is 0 Å². The quantitative estimate of drug-likeness (QED) is 0.639. The van der Waals surface area contributed by atoms with Gasteiger partial charge in [-0.15, -0.1) is 11.0 Å². The molecule has 0 atom stereocenters. The van der Waals surface area contributed by atoms with E-state index in [1.807, 2.05) is 0 Å². The normalized spacial score (nSPS) is 10.8. The van der Waals surface area contributed by atoms with Gasteiger partial charge in [-0.05, 0) is 23.8 Å². The zero-order chi connectivity index (χ0) is 13.0. The second-order valence-electron chi connectivity index (χ2n) is 3.64. The van der Waals surface area contributed by atoms with Crippen molar-refractivity contribution in [3.63, 3.8) is 0 Å². The van der Waals surface area contributed by atoms with E-state index >= 15 is 0 Å². The summed E-state index contributed by atoms with van der Waals surface area (Å²) in [5.74, 6) is -0.0506. The minimum atomic E-state index is -0.0506. The third-order valence-corrected chi connectivity index (χ3v) is 2.30. The highest BCUT2D eigenvalue weighted by molar-refractivity contribution is 5.82. The molecule has 2 aromatic carbocycles. The van der Waals surface area contributed by atoms with E-state index in [9.17, 15) is 5.11 Å². The molecule has 0 radical (unpaired) electrons. The van der Waals surface area contributed by atoms with Crippen LogP contribution >= 0.6 is 0 Å². The van der Waals surface area contributed by atoms with E-state index in [2.05, 4.69) is 4.99 Å². The van der Waals surface area contributed by atoms with Gasteiger partial charge in [-0.2, -0.15) is 0 Å². The number of hydrogen-bond donors (Lipinski definition) is 2. The molecule has 0 spiro atoms. The number of aliphatic imine (C=N–C) groups is 1. The van der Waals surface area contributed by atoms with Crippen LogP contribution in [-0.2, 0) is 0 Å². The Bertz CT molecular complexity index is 550. The molecule has 5 heteroatoms. The molecule has 2 aromatic rings. The Morgan fingerprint density at radius 1 is 1.06 bits per heavy atom. The highest BCUT2D eigenvalue weighted by atomic mass is 16.8. The van der Waals surface area contributed by atoms with E-state index in [1.165, 1.54) is 24.3 Å². The third-order valence-electron chi connectivity index (χ3n) is 2.30. The summed E-state index contributed by atoms with van der Waals surface area (Å²) in [7, 11) is 0. The van der Waals surface area contributed by atoms with Crippen LogP contribution in [0.1, 0.15) is 5.56 Å². The summed E-state index contributed by atoms with van der Waals surface area (Å²) in [6.45, 7) is 0. The standard InChI is InChI=1S/C13H12N2O3/c16-13-6-4-10(5-7-13)9-14-11-2-1-3-12(8-11)15(17)18/h1-9,16-18H/p-1. The van der Waals surface area contributed by atoms with Crippen LogP contribution in [0.3, 0.4) is 0 Å². The lowest BCUT2D eigenvalue weighted by Gasteiger charge is -2.07. The van der Waals surface area contributed by atoms with Crippen LogP contribution in [0.25, 0.3) is 0 Å². The summed E-state index contributed by atoms with van der Waals surface area (Å²) in [4.78, 5) is 4.17. The second kappa shape index (κ2) is 5.31. The molecule has 0 aromatic heterocycles. The summed E-state index contributed by atoms with van der Waals surface area (Å²) in [6, 6.07) is 12.7. The SMILES string of the molecule is [O-]c1ccc(C=Nc2cccc(N(O)O)c2)cc1. The van der Waals surface area contributed by atoms with Crippen LogP contribution in [0, 0.1) is 0 Å². The summed E-state index contributed by atoms with van der Waals surface area (Å²) in [5, 5.41) is 28.7. The molecule has 2 rings (SSSR count). The van der Waals surface area contributed by atoms with Gasteiger partial charge < -0.3 is 5.11 Å². The predicted molar refractivity (Wildman–Crippen MR) is 65.6 cm³/mol. The summed E-state index contributed by atoms with van der Waals surface area (Å²) < 4.78 is 0. The molecule has 0 fully saturated rings. The smallest absolute Gasteiger partial charge is 0.0964 e. The van der Waals surface area contributed by atoms with Gasteiger partial charge in [-0.3, -0.25) is 15.4 Å². The number of nitrogens with zero attached hydrogens (tertiary/aromatic N) is 2. The summed E-state index contributed by atoms with van der Waals surface area (Å²) >= 11 is 0. The minimum Gasteiger partial charge on any atom is -0.872 e. The van der Waals surface area contributed by atoms with Crippen molar-refractivity contribution in [1.82, 2.24) is 0 Å². The van der Waals surface area contributed by atoms with Crippen LogP contribution in [-0.4, -0.2) is 16.6 Å². The van der Waals surface area contributed by atoms with Crippen molar-refractivity contribution in [2.24, 2.45) is 4.99 Å². The van der Waals surface area contributed by atoms with Gasteiger partial charge in [0.2, 0.25) is 0 Å². The highest BCUT2D eigenvalue weighted by Gasteiger charge is 1.98. The third kappa shape index (κ3) is 3.07. The van der Waals surface area contributed by atoms with Gasteiger partial charge >= 0.3 is 0 Å². The highest BCUT2D eigenvalue weighted by Crippen LogP contribution is 2.19. The first-order valence-electron chi connectivity index (χ1n) is 5.24. The molecule has 0 aliphatic rings. The largest absolute Gasteiger partial charge is 0.872 e. The van der Waals surface area contributed by atoms with Crippen LogP contribution in [0.4, 0.5) is 11.4 Å². The molecule has 0 heterocycles. The molecule has 5 nitrogen and oxygen atoms in total. The molecule has 0 aliphatic heterocycles. The summed E-state index contributed by atoms with van der Waals surface area (Å²) in [6.07, 6.45) is 1.59. The predicted octanol–water partition coefficient (Wildman–Crippen LogP) is 2.10. The maximum atomic E-state index is 10.9. The Balaban J connectivity index is 2.18. The summed E-state index contributed by atoms with van der Waals surface area (Å²) in [5.41, 5.74) is 1.59. The maximum Gasteiger partial charge on any atom is 0.0964 e. The molecule has 0 saturated carbocycles. The van der Waals surface area contributed by atoms with E-state index in [-0.39, 0.29) is 16.7 Å². The van der Waals surface area contributed by atoms with Crippen molar-refractivity contribution in [3.05, 3.63) is 54.1 Å². The Hall–Kier alpha value is -2.37. The lowest BCUT2D eigenvalue weighted by molar-refractivity contribution is -0.268. The van der Waals surface area contributed by atoms with E-state index in [4.69, 9.17) is 10.4 Å². The molecule has 0 unspecified atom stereocenters. The number of rotatable bonds is 3. The molecule has 0 aliphatic carbocycles. The zero-order valence-corrected chi connectivity index (χ0v) is 9.39. The van der Waals surface area contributed by atoms with Gasteiger partial charge in [0.25, 0.3) is 0 Å². The lowest BCUT2D eigenvalue weighted by Crippen LogP contribution is -2.10. The van der Waals surface area contributed by atoms with Gasteiger partial charge in [-0.1, -0.05) is 30.3 Å². The molecule has 18 heavy (non-hydrogen) atoms. The fraction of sp³-hybridized carbons (Fsp3) is 0. The van der Waals surface area contributed by atoms with E-state index < -0.39 is 0 Å². The molecule has 0 amide bonds. The van der Waals surface area contributed by atoms with Crippen LogP contribution in [0.2, 0.25) is 0 Å². The second-order valence-corrected chi connectivity index (χ2v) is 3.64. The van der Waals surface area contributed by atoms with Crippen molar-refractivity contribution in [3.8, 4) is 5.75 Å². The van der Waals surface area contributed by atoms with E-state index in [0.717, 1.165) is 5.56 Å². The average molecular weight is 243 g/mol. The topological polar surface area (TPSA) is 79.1 Å². The Labute approximate surface area is 104 Å². The number of hydrogen-bond acceptors (Lipinski definition) is 5. The van der Waals surface area contributed by atoms with Gasteiger partial charge in [-0.25, -0.2) is 0 Å². The van der Waals surface area contributed by atoms with Crippen molar-refractivity contribution < 1.29 is 15.5 Å². The molecule has 92 valence electrons. The molecule has 0 saturated heterocycles. The Kier molecular flexibility index (Phi) is 3.57. The lowest BCUT2D eigenvalue weighted by atomic mass is 10.2. The van der Waals surface area contributed by atoms with Gasteiger partial charge in [0.05, 0.1) is 11.4 Å². The molecular weight excluding hydrogens is 232 g/mol. The van der Waals surface area contributed by atoms with Gasteiger partial charge in [0.15, 0.2) is 0 Å². The average Bonchev–Trinajstić information content (AvgIpc) is 2.38. The van der Waals surface area contributed by atoms with Crippen molar-refractivity contribution in [2.45, 2.75) is 0 Å². The fourth-order valence-corrected chi connectivity index (χ4v) is 1.40. The van der Waals surface area contributed by atoms with Crippen molar-refractivity contribution in [2.75, 3.05) is 5.23 Å². The van der Waals surface area contributed by atoms with Gasteiger partial charge in [0.1, 0.15) is 0 Å². The van der Waals surface area contributed by atoms with Crippen LogP contribution in [0.15, 0.2) is 53.5 Å².